The highest BCUT2D eigenvalue weighted by molar-refractivity contribution is 14.0. The lowest BCUT2D eigenvalue weighted by Gasteiger charge is -2.37. The third kappa shape index (κ3) is 6.22. The normalized spacial score (nSPS) is 17.2. The van der Waals surface area contributed by atoms with Gasteiger partial charge in [-0.05, 0) is 37.3 Å². The Hall–Kier alpha value is -2.14. The first kappa shape index (κ1) is 24.5. The van der Waals surface area contributed by atoms with Crippen LogP contribution in [-0.4, -0.2) is 74.9 Å². The van der Waals surface area contributed by atoms with Crippen molar-refractivity contribution in [3.63, 3.8) is 0 Å². The lowest BCUT2D eigenvalue weighted by molar-refractivity contribution is 0.122. The van der Waals surface area contributed by atoms with E-state index < -0.39 is 0 Å². The second-order valence-electron chi connectivity index (χ2n) is 7.71. The maximum absolute atomic E-state index is 13.2. The van der Waals surface area contributed by atoms with Crippen molar-refractivity contribution in [1.29, 1.82) is 0 Å². The summed E-state index contributed by atoms with van der Waals surface area (Å²) in [5.74, 6) is 1.74. The third-order valence-electron chi connectivity index (χ3n) is 5.68. The lowest BCUT2D eigenvalue weighted by Crippen LogP contribution is -2.52. The zero-order chi connectivity index (χ0) is 21.5. The van der Waals surface area contributed by atoms with Crippen LogP contribution in [0, 0.1) is 5.82 Å². The highest BCUT2D eigenvalue weighted by Gasteiger charge is 2.21. The van der Waals surface area contributed by atoms with Gasteiger partial charge in [0.1, 0.15) is 11.6 Å². The molecular formula is C23H32FIN6O. The molecule has 1 aromatic heterocycles. The molecule has 2 aromatic rings. The van der Waals surface area contributed by atoms with E-state index in [2.05, 4.69) is 38.0 Å². The number of hydrogen-bond acceptors (Lipinski definition) is 5. The molecule has 0 spiro atoms. The molecule has 7 nitrogen and oxygen atoms in total. The van der Waals surface area contributed by atoms with Crippen molar-refractivity contribution in [2.75, 3.05) is 68.8 Å². The summed E-state index contributed by atoms with van der Waals surface area (Å²) in [6, 6.07) is 10.8. The molecule has 0 radical (unpaired) electrons. The Morgan fingerprint density at radius 2 is 1.75 bits per heavy atom. The van der Waals surface area contributed by atoms with Crippen molar-refractivity contribution < 1.29 is 9.13 Å². The number of morpholine rings is 1. The van der Waals surface area contributed by atoms with Gasteiger partial charge in [-0.15, -0.1) is 24.0 Å². The van der Waals surface area contributed by atoms with Crippen LogP contribution in [0.3, 0.4) is 0 Å². The van der Waals surface area contributed by atoms with Gasteiger partial charge in [0.05, 0.1) is 19.8 Å². The summed E-state index contributed by atoms with van der Waals surface area (Å²) in [4.78, 5) is 16.4. The van der Waals surface area contributed by atoms with Gasteiger partial charge in [-0.2, -0.15) is 0 Å². The molecule has 0 amide bonds. The molecule has 0 bridgehead atoms. The van der Waals surface area contributed by atoms with Gasteiger partial charge in [0.25, 0.3) is 0 Å². The summed E-state index contributed by atoms with van der Waals surface area (Å²) in [6.45, 7) is 10.2. The molecule has 32 heavy (non-hydrogen) atoms. The Bertz CT molecular complexity index is 867. The van der Waals surface area contributed by atoms with Crippen molar-refractivity contribution in [3.05, 3.63) is 54.0 Å². The minimum Gasteiger partial charge on any atom is -0.378 e. The van der Waals surface area contributed by atoms with Crippen LogP contribution in [0.5, 0.6) is 0 Å². The van der Waals surface area contributed by atoms with Gasteiger partial charge >= 0.3 is 0 Å². The summed E-state index contributed by atoms with van der Waals surface area (Å²) >= 11 is 0. The first-order valence-electron chi connectivity index (χ1n) is 11.0. The molecule has 3 heterocycles. The molecule has 2 fully saturated rings. The number of ether oxygens (including phenoxy) is 1. The lowest BCUT2D eigenvalue weighted by atomic mass is 10.2. The molecular weight excluding hydrogens is 522 g/mol. The Morgan fingerprint density at radius 1 is 1.03 bits per heavy atom. The van der Waals surface area contributed by atoms with E-state index in [1.54, 1.807) is 0 Å². The molecule has 2 saturated heterocycles. The fourth-order valence-corrected chi connectivity index (χ4v) is 4.03. The first-order valence-corrected chi connectivity index (χ1v) is 11.0. The Kier molecular flexibility index (Phi) is 9.34. The minimum atomic E-state index is -0.198. The van der Waals surface area contributed by atoms with Crippen molar-refractivity contribution >= 4 is 41.4 Å². The smallest absolute Gasteiger partial charge is 0.194 e. The second-order valence-corrected chi connectivity index (χ2v) is 7.71. The molecule has 4 rings (SSSR count). The number of benzene rings is 1. The van der Waals surface area contributed by atoms with E-state index in [1.165, 1.54) is 12.1 Å². The van der Waals surface area contributed by atoms with Gasteiger partial charge in [0, 0.05) is 63.3 Å². The van der Waals surface area contributed by atoms with Gasteiger partial charge in [-0.3, -0.25) is 0 Å². The summed E-state index contributed by atoms with van der Waals surface area (Å²) in [5.41, 5.74) is 2.19. The summed E-state index contributed by atoms with van der Waals surface area (Å²) < 4.78 is 18.7. The number of aliphatic imine (C=N–C) groups is 1. The van der Waals surface area contributed by atoms with Crippen molar-refractivity contribution in [1.82, 2.24) is 15.2 Å². The van der Waals surface area contributed by atoms with Gasteiger partial charge in [-0.25, -0.2) is 14.4 Å². The first-order chi connectivity index (χ1) is 15.2. The average molecular weight is 554 g/mol. The highest BCUT2D eigenvalue weighted by atomic mass is 127. The minimum absolute atomic E-state index is 0. The Balaban J connectivity index is 0.00000289. The van der Waals surface area contributed by atoms with Crippen molar-refractivity contribution in [2.45, 2.75) is 13.5 Å². The van der Waals surface area contributed by atoms with Crippen LogP contribution in [0.1, 0.15) is 12.5 Å². The average Bonchev–Trinajstić information content (AvgIpc) is 2.83. The van der Waals surface area contributed by atoms with Crippen molar-refractivity contribution in [3.8, 4) is 0 Å². The molecule has 0 unspecified atom stereocenters. The number of pyridine rings is 1. The van der Waals surface area contributed by atoms with Crippen LogP contribution < -0.4 is 15.1 Å². The number of nitrogens with zero attached hydrogens (tertiary/aromatic N) is 5. The summed E-state index contributed by atoms with van der Waals surface area (Å²) in [5, 5.41) is 3.44. The van der Waals surface area contributed by atoms with Crippen LogP contribution >= 0.6 is 24.0 Å². The summed E-state index contributed by atoms with van der Waals surface area (Å²) in [6.07, 6.45) is 1.85. The van der Waals surface area contributed by atoms with E-state index in [0.717, 1.165) is 82.1 Å². The highest BCUT2D eigenvalue weighted by Crippen LogP contribution is 2.20. The third-order valence-corrected chi connectivity index (χ3v) is 5.68. The SMILES string of the molecule is CCNC(=NCc1cccnc1N1CCOCC1)N1CCN(c2ccc(F)cc2)CC1.I. The molecule has 1 N–H and O–H groups in total. The van der Waals surface area contributed by atoms with Crippen LogP contribution in [0.25, 0.3) is 0 Å². The fourth-order valence-electron chi connectivity index (χ4n) is 4.03. The number of halogens is 2. The predicted octanol–water partition coefficient (Wildman–Crippen LogP) is 2.96. The van der Waals surface area contributed by atoms with Crippen LogP contribution in [0.2, 0.25) is 0 Å². The van der Waals surface area contributed by atoms with Gasteiger partial charge in [0.2, 0.25) is 0 Å². The Morgan fingerprint density at radius 3 is 2.44 bits per heavy atom. The molecule has 9 heteroatoms. The number of aromatic nitrogens is 1. The van der Waals surface area contributed by atoms with Gasteiger partial charge in [-0.1, -0.05) is 6.07 Å². The zero-order valence-electron chi connectivity index (χ0n) is 18.5. The Labute approximate surface area is 206 Å². The van der Waals surface area contributed by atoms with Crippen LogP contribution in [0.15, 0.2) is 47.6 Å². The second kappa shape index (κ2) is 12.2. The number of guanidine groups is 1. The van der Waals surface area contributed by atoms with Gasteiger partial charge in [0.15, 0.2) is 5.96 Å². The molecule has 2 aliphatic heterocycles. The monoisotopic (exact) mass is 554 g/mol. The number of nitrogens with one attached hydrogen (secondary N) is 1. The fraction of sp³-hybridized carbons (Fsp3) is 0.478. The number of piperazine rings is 1. The predicted molar refractivity (Wildman–Crippen MR) is 138 cm³/mol. The maximum atomic E-state index is 13.2. The largest absolute Gasteiger partial charge is 0.378 e. The molecule has 0 saturated carbocycles. The quantitative estimate of drug-likeness (QED) is 0.349. The summed E-state index contributed by atoms with van der Waals surface area (Å²) in [7, 11) is 0. The van der Waals surface area contributed by atoms with Gasteiger partial charge < -0.3 is 24.8 Å². The molecule has 0 aliphatic carbocycles. The standard InChI is InChI=1S/C23H31FN6O.HI/c1-2-25-23(30-12-10-28(11-13-30)21-7-5-20(24)6-8-21)27-18-19-4-3-9-26-22(19)29-14-16-31-17-15-29;/h3-9H,2,10-18H2,1H3,(H,25,27);1H. The van der Waals surface area contributed by atoms with E-state index in [0.29, 0.717) is 6.54 Å². The van der Waals surface area contributed by atoms with Crippen LogP contribution in [-0.2, 0) is 11.3 Å². The maximum Gasteiger partial charge on any atom is 0.194 e. The molecule has 0 atom stereocenters. The molecule has 174 valence electrons. The zero-order valence-corrected chi connectivity index (χ0v) is 20.9. The number of hydrogen-bond donors (Lipinski definition) is 1. The molecule has 2 aliphatic rings. The number of anilines is 2. The van der Waals surface area contributed by atoms with Crippen LogP contribution in [0.4, 0.5) is 15.9 Å². The topological polar surface area (TPSA) is 56.2 Å². The molecule has 1 aromatic carbocycles. The van der Waals surface area contributed by atoms with E-state index in [1.807, 2.05) is 24.4 Å². The van der Waals surface area contributed by atoms with E-state index in [9.17, 15) is 4.39 Å². The number of rotatable bonds is 5. The van der Waals surface area contributed by atoms with E-state index in [4.69, 9.17) is 9.73 Å². The van der Waals surface area contributed by atoms with Crippen molar-refractivity contribution in [2.24, 2.45) is 4.99 Å². The van der Waals surface area contributed by atoms with E-state index in [-0.39, 0.29) is 29.8 Å². The van der Waals surface area contributed by atoms with E-state index >= 15 is 0 Å².